The minimum Gasteiger partial charge on any atom is -0.481 e. The molecule has 18 heavy (non-hydrogen) atoms. The van der Waals surface area contributed by atoms with Crippen molar-refractivity contribution < 1.29 is 23.1 Å². The van der Waals surface area contributed by atoms with Crippen molar-refractivity contribution in [1.82, 2.24) is 5.32 Å². The first kappa shape index (κ1) is 14.9. The van der Waals surface area contributed by atoms with Crippen LogP contribution in [0.4, 0.5) is 0 Å². The van der Waals surface area contributed by atoms with Crippen molar-refractivity contribution in [1.29, 1.82) is 0 Å². The van der Waals surface area contributed by atoms with Crippen LogP contribution in [0.25, 0.3) is 0 Å². The molecule has 0 aromatic carbocycles. The third kappa shape index (κ3) is 4.26. The number of nitrogens with one attached hydrogen (secondary N) is 1. The lowest BCUT2D eigenvalue weighted by Crippen LogP contribution is -2.44. The molecule has 1 aliphatic rings. The molecular weight excluding hydrogens is 260 g/mol. The molecule has 1 saturated carbocycles. The van der Waals surface area contributed by atoms with E-state index in [9.17, 15) is 18.0 Å². The molecule has 104 valence electrons. The second-order valence-electron chi connectivity index (χ2n) is 4.83. The smallest absolute Gasteiger partial charge is 0.311 e. The Morgan fingerprint density at radius 2 is 2.00 bits per heavy atom. The molecule has 0 aromatic heterocycles. The number of aliphatic carboxylic acids is 1. The fraction of sp³-hybridized carbons (Fsp3) is 0.800. The van der Waals surface area contributed by atoms with Gasteiger partial charge in [-0.3, -0.25) is 9.59 Å². The van der Waals surface area contributed by atoms with Crippen LogP contribution in [0.15, 0.2) is 0 Å². The van der Waals surface area contributed by atoms with Gasteiger partial charge in [0, 0.05) is 12.8 Å². The van der Waals surface area contributed by atoms with Gasteiger partial charge in [0.2, 0.25) is 5.91 Å². The zero-order valence-electron chi connectivity index (χ0n) is 10.2. The molecule has 0 radical (unpaired) electrons. The molecule has 0 aromatic rings. The first-order valence-electron chi connectivity index (χ1n) is 5.61. The Hall–Kier alpha value is -1.15. The van der Waals surface area contributed by atoms with Crippen LogP contribution < -0.4 is 11.1 Å². The van der Waals surface area contributed by atoms with E-state index in [1.807, 2.05) is 0 Å². The molecule has 0 spiro atoms. The van der Waals surface area contributed by atoms with Crippen molar-refractivity contribution in [2.24, 2.45) is 11.1 Å². The number of carbonyl (C=O) groups is 2. The number of carboxylic acids is 1. The number of nitrogens with two attached hydrogens (primary N) is 1. The molecule has 0 bridgehead atoms. The minimum atomic E-state index is -3.15. The van der Waals surface area contributed by atoms with Crippen molar-refractivity contribution in [3.8, 4) is 0 Å². The molecule has 4 N–H and O–H groups in total. The van der Waals surface area contributed by atoms with Crippen LogP contribution in [0.5, 0.6) is 0 Å². The van der Waals surface area contributed by atoms with E-state index in [1.165, 1.54) is 0 Å². The van der Waals surface area contributed by atoms with E-state index >= 15 is 0 Å². The molecule has 1 rings (SSSR count). The Morgan fingerprint density at radius 3 is 2.39 bits per heavy atom. The highest BCUT2D eigenvalue weighted by Gasteiger charge is 2.50. The molecule has 1 amide bonds. The molecule has 1 fully saturated rings. The van der Waals surface area contributed by atoms with E-state index in [-0.39, 0.29) is 18.7 Å². The summed E-state index contributed by atoms with van der Waals surface area (Å²) in [5.74, 6) is -1.59. The molecule has 8 heteroatoms. The maximum atomic E-state index is 11.5. The van der Waals surface area contributed by atoms with Gasteiger partial charge in [0.1, 0.15) is 9.84 Å². The minimum absolute atomic E-state index is 0.0325. The molecule has 0 saturated heterocycles. The summed E-state index contributed by atoms with van der Waals surface area (Å²) in [6, 6.07) is -0.927. The van der Waals surface area contributed by atoms with Gasteiger partial charge in [0.25, 0.3) is 0 Å². The molecule has 7 nitrogen and oxygen atoms in total. The highest BCUT2D eigenvalue weighted by Crippen LogP contribution is 2.45. The zero-order valence-corrected chi connectivity index (χ0v) is 11.0. The summed E-state index contributed by atoms with van der Waals surface area (Å²) in [5.41, 5.74) is 4.69. The highest BCUT2D eigenvalue weighted by atomic mass is 32.2. The average Bonchev–Trinajstić information content (AvgIpc) is 3.02. The van der Waals surface area contributed by atoms with Gasteiger partial charge in [0.15, 0.2) is 0 Å². The first-order chi connectivity index (χ1) is 8.16. The second-order valence-corrected chi connectivity index (χ2v) is 7.09. The first-order valence-corrected chi connectivity index (χ1v) is 7.67. The number of rotatable bonds is 7. The standard InChI is InChI=1S/C10H18N2O5S/c1-18(16,17)5-2-7(11)8(13)12-6-10(3-4-10)9(14)15/h7H,2-6,11H2,1H3,(H,12,13)(H,14,15). The average molecular weight is 278 g/mol. The van der Waals surface area contributed by atoms with Crippen LogP contribution in [0.1, 0.15) is 19.3 Å². The van der Waals surface area contributed by atoms with Crippen molar-refractivity contribution in [3.05, 3.63) is 0 Å². The van der Waals surface area contributed by atoms with Gasteiger partial charge in [-0.05, 0) is 19.3 Å². The normalized spacial score (nSPS) is 19.0. The molecule has 1 unspecified atom stereocenters. The Morgan fingerprint density at radius 1 is 1.44 bits per heavy atom. The summed E-state index contributed by atoms with van der Waals surface area (Å²) >= 11 is 0. The Bertz CT molecular complexity index is 441. The van der Waals surface area contributed by atoms with Crippen LogP contribution in [-0.4, -0.2) is 50.0 Å². The summed E-state index contributed by atoms with van der Waals surface area (Å²) in [6.45, 7) is 0.0493. The van der Waals surface area contributed by atoms with Crippen LogP contribution in [0, 0.1) is 5.41 Å². The fourth-order valence-electron chi connectivity index (χ4n) is 1.48. The van der Waals surface area contributed by atoms with Gasteiger partial charge in [-0.2, -0.15) is 0 Å². The number of hydrogen-bond donors (Lipinski definition) is 3. The third-order valence-corrected chi connectivity index (χ3v) is 4.02. The largest absolute Gasteiger partial charge is 0.481 e. The van der Waals surface area contributed by atoms with E-state index in [1.54, 1.807) is 0 Å². The van der Waals surface area contributed by atoms with E-state index in [4.69, 9.17) is 10.8 Å². The van der Waals surface area contributed by atoms with E-state index in [0.717, 1.165) is 6.26 Å². The number of amides is 1. The van der Waals surface area contributed by atoms with Gasteiger partial charge >= 0.3 is 5.97 Å². The lowest BCUT2D eigenvalue weighted by atomic mass is 10.1. The zero-order chi connectivity index (χ0) is 14.0. The summed E-state index contributed by atoms with van der Waals surface area (Å²) in [7, 11) is -3.15. The molecule has 0 aliphatic heterocycles. The van der Waals surface area contributed by atoms with E-state index in [0.29, 0.717) is 12.8 Å². The summed E-state index contributed by atoms with van der Waals surface area (Å²) in [5, 5.41) is 11.4. The Kier molecular flexibility index (Phi) is 4.33. The maximum absolute atomic E-state index is 11.5. The maximum Gasteiger partial charge on any atom is 0.311 e. The van der Waals surface area contributed by atoms with Crippen molar-refractivity contribution in [2.75, 3.05) is 18.6 Å². The molecule has 0 heterocycles. The monoisotopic (exact) mass is 278 g/mol. The van der Waals surface area contributed by atoms with Gasteiger partial charge in [-0.15, -0.1) is 0 Å². The van der Waals surface area contributed by atoms with Gasteiger partial charge < -0.3 is 16.2 Å². The second kappa shape index (κ2) is 5.23. The van der Waals surface area contributed by atoms with Crippen molar-refractivity contribution in [3.63, 3.8) is 0 Å². The SMILES string of the molecule is CS(=O)(=O)CCC(N)C(=O)NCC1(C(=O)O)CC1. The van der Waals surface area contributed by atoms with Gasteiger partial charge in [-0.25, -0.2) is 8.42 Å². The molecule has 1 atom stereocenters. The summed E-state index contributed by atoms with van der Waals surface area (Å²) in [4.78, 5) is 22.4. The number of carboxylic acid groups (broad SMARTS) is 1. The van der Waals surface area contributed by atoms with Crippen LogP contribution in [0.2, 0.25) is 0 Å². The number of sulfone groups is 1. The van der Waals surface area contributed by atoms with Gasteiger partial charge in [-0.1, -0.05) is 0 Å². The van der Waals surface area contributed by atoms with Crippen LogP contribution in [0.3, 0.4) is 0 Å². The quantitative estimate of drug-likeness (QED) is 0.533. The highest BCUT2D eigenvalue weighted by molar-refractivity contribution is 7.90. The van der Waals surface area contributed by atoms with Crippen LogP contribution in [-0.2, 0) is 19.4 Å². The predicted molar refractivity (Wildman–Crippen MR) is 64.6 cm³/mol. The lowest BCUT2D eigenvalue weighted by Gasteiger charge is -2.14. The fourth-order valence-corrected chi connectivity index (χ4v) is 2.16. The predicted octanol–water partition coefficient (Wildman–Crippen LogP) is -1.27. The van der Waals surface area contributed by atoms with E-state index in [2.05, 4.69) is 5.32 Å². The Labute approximate surface area is 106 Å². The molecular formula is C10H18N2O5S. The number of carbonyl (C=O) groups excluding carboxylic acids is 1. The topological polar surface area (TPSA) is 127 Å². The molecule has 1 aliphatic carbocycles. The van der Waals surface area contributed by atoms with E-state index < -0.39 is 33.2 Å². The lowest BCUT2D eigenvalue weighted by molar-refractivity contribution is -0.143. The summed E-state index contributed by atoms with van der Waals surface area (Å²) in [6.07, 6.45) is 2.19. The van der Waals surface area contributed by atoms with Gasteiger partial charge in [0.05, 0.1) is 17.2 Å². The van der Waals surface area contributed by atoms with Crippen molar-refractivity contribution in [2.45, 2.75) is 25.3 Å². The Balaban J connectivity index is 2.35. The van der Waals surface area contributed by atoms with Crippen molar-refractivity contribution >= 4 is 21.7 Å². The van der Waals surface area contributed by atoms with Crippen LogP contribution >= 0.6 is 0 Å². The third-order valence-electron chi connectivity index (χ3n) is 3.04. The summed E-state index contributed by atoms with van der Waals surface area (Å²) < 4.78 is 21.8. The number of hydrogen-bond acceptors (Lipinski definition) is 5.